The summed E-state index contributed by atoms with van der Waals surface area (Å²) in [5.74, 6) is -1.72. The summed E-state index contributed by atoms with van der Waals surface area (Å²) in [4.78, 5) is 40.4. The van der Waals surface area contributed by atoms with Crippen LogP contribution in [0.3, 0.4) is 0 Å². The minimum absolute atomic E-state index is 0.106. The van der Waals surface area contributed by atoms with E-state index in [0.717, 1.165) is 6.42 Å². The van der Waals surface area contributed by atoms with Crippen LogP contribution in [-0.2, 0) is 19.1 Å². The maximum atomic E-state index is 13.8. The van der Waals surface area contributed by atoms with Crippen LogP contribution in [0.2, 0.25) is 0 Å². The highest BCUT2D eigenvalue weighted by molar-refractivity contribution is 6.00. The molecular formula is C20H25FN2O4. The molecule has 0 aromatic heterocycles. The molecule has 0 radical (unpaired) electrons. The van der Waals surface area contributed by atoms with E-state index < -0.39 is 5.92 Å². The van der Waals surface area contributed by atoms with Crippen molar-refractivity contribution in [1.29, 1.82) is 0 Å². The molecule has 2 atom stereocenters. The number of halogens is 1. The fourth-order valence-electron chi connectivity index (χ4n) is 3.76. The second-order valence-electron chi connectivity index (χ2n) is 7.21. The largest absolute Gasteiger partial charge is 0.466 e. The lowest BCUT2D eigenvalue weighted by Crippen LogP contribution is -2.45. The summed E-state index contributed by atoms with van der Waals surface area (Å²) in [5, 5.41) is 0. The highest BCUT2D eigenvalue weighted by Crippen LogP contribution is 2.29. The van der Waals surface area contributed by atoms with E-state index in [-0.39, 0.29) is 42.5 Å². The summed E-state index contributed by atoms with van der Waals surface area (Å²) >= 11 is 0. The molecular weight excluding hydrogens is 351 g/mol. The van der Waals surface area contributed by atoms with Crippen molar-refractivity contribution >= 4 is 23.5 Å². The second-order valence-corrected chi connectivity index (χ2v) is 7.21. The zero-order chi connectivity index (χ0) is 19.6. The van der Waals surface area contributed by atoms with E-state index in [9.17, 15) is 18.8 Å². The Kier molecular flexibility index (Phi) is 5.77. The number of amides is 2. The lowest BCUT2D eigenvalue weighted by Gasteiger charge is -2.33. The lowest BCUT2D eigenvalue weighted by atomic mass is 9.96. The fourth-order valence-corrected chi connectivity index (χ4v) is 3.76. The molecule has 2 aliphatic rings. The van der Waals surface area contributed by atoms with E-state index in [1.165, 1.54) is 11.0 Å². The van der Waals surface area contributed by atoms with Crippen LogP contribution in [-0.4, -0.2) is 48.9 Å². The summed E-state index contributed by atoms with van der Waals surface area (Å²) < 4.78 is 18.9. The van der Waals surface area contributed by atoms with Crippen molar-refractivity contribution in [3.63, 3.8) is 0 Å². The molecule has 2 fully saturated rings. The Balaban J connectivity index is 1.66. The van der Waals surface area contributed by atoms with Crippen LogP contribution in [0.15, 0.2) is 18.2 Å². The van der Waals surface area contributed by atoms with Gasteiger partial charge in [0.05, 0.1) is 18.4 Å². The Hall–Kier alpha value is -2.44. The van der Waals surface area contributed by atoms with Crippen LogP contribution in [0.25, 0.3) is 0 Å². The molecule has 146 valence electrons. The predicted molar refractivity (Wildman–Crippen MR) is 97.5 cm³/mol. The number of aryl methyl sites for hydroxylation is 1. The van der Waals surface area contributed by atoms with Crippen molar-refractivity contribution in [2.24, 2.45) is 11.8 Å². The third-order valence-corrected chi connectivity index (χ3v) is 5.29. The van der Waals surface area contributed by atoms with E-state index >= 15 is 0 Å². The number of hydrogen-bond acceptors (Lipinski definition) is 4. The second kappa shape index (κ2) is 8.06. The minimum Gasteiger partial charge on any atom is -0.466 e. The number of piperidine rings is 1. The molecule has 2 aliphatic heterocycles. The van der Waals surface area contributed by atoms with Crippen LogP contribution in [0.1, 0.15) is 31.7 Å². The highest BCUT2D eigenvalue weighted by atomic mass is 19.1. The smallest absolute Gasteiger partial charge is 0.310 e. The van der Waals surface area contributed by atoms with Crippen molar-refractivity contribution in [3.05, 3.63) is 29.6 Å². The van der Waals surface area contributed by atoms with E-state index in [1.54, 1.807) is 30.9 Å². The number of hydrogen-bond donors (Lipinski definition) is 0. The Morgan fingerprint density at radius 1 is 1.26 bits per heavy atom. The van der Waals surface area contributed by atoms with Gasteiger partial charge in [-0.1, -0.05) is 6.07 Å². The summed E-state index contributed by atoms with van der Waals surface area (Å²) in [5.41, 5.74) is 0.984. The molecule has 7 heteroatoms. The van der Waals surface area contributed by atoms with E-state index in [4.69, 9.17) is 4.74 Å². The van der Waals surface area contributed by atoms with E-state index in [1.807, 2.05) is 0 Å². The number of ether oxygens (including phenoxy) is 1. The lowest BCUT2D eigenvalue weighted by molar-refractivity contribution is -0.152. The zero-order valence-corrected chi connectivity index (χ0v) is 15.7. The predicted octanol–water partition coefficient (Wildman–Crippen LogP) is 2.29. The molecule has 2 heterocycles. The summed E-state index contributed by atoms with van der Waals surface area (Å²) in [7, 11) is 0. The summed E-state index contributed by atoms with van der Waals surface area (Å²) in [6, 6.07) is 4.65. The molecule has 1 aromatic rings. The third-order valence-electron chi connectivity index (χ3n) is 5.29. The first-order chi connectivity index (χ1) is 12.9. The fraction of sp³-hybridized carbons (Fsp3) is 0.550. The maximum Gasteiger partial charge on any atom is 0.310 e. The number of carbonyl (C=O) groups excluding carboxylic acids is 3. The van der Waals surface area contributed by atoms with Gasteiger partial charge in [-0.05, 0) is 44.4 Å². The van der Waals surface area contributed by atoms with Crippen LogP contribution in [0.5, 0.6) is 0 Å². The van der Waals surface area contributed by atoms with Gasteiger partial charge in [-0.3, -0.25) is 14.4 Å². The van der Waals surface area contributed by atoms with Gasteiger partial charge in [0.1, 0.15) is 5.82 Å². The zero-order valence-electron chi connectivity index (χ0n) is 15.7. The Morgan fingerprint density at radius 3 is 2.74 bits per heavy atom. The average molecular weight is 376 g/mol. The van der Waals surface area contributed by atoms with Gasteiger partial charge < -0.3 is 14.5 Å². The van der Waals surface area contributed by atoms with Gasteiger partial charge in [-0.15, -0.1) is 0 Å². The Bertz CT molecular complexity index is 751. The van der Waals surface area contributed by atoms with Crippen LogP contribution in [0, 0.1) is 24.6 Å². The van der Waals surface area contributed by atoms with Crippen molar-refractivity contribution in [3.8, 4) is 0 Å². The number of benzene rings is 1. The van der Waals surface area contributed by atoms with Gasteiger partial charge >= 0.3 is 5.97 Å². The number of carbonyl (C=O) groups is 3. The topological polar surface area (TPSA) is 66.9 Å². The first-order valence-corrected chi connectivity index (χ1v) is 9.42. The number of rotatable bonds is 4. The summed E-state index contributed by atoms with van der Waals surface area (Å²) in [6.07, 6.45) is 1.55. The first kappa shape index (κ1) is 19.3. The third kappa shape index (κ3) is 4.12. The molecule has 0 spiro atoms. The minimum atomic E-state index is -0.470. The average Bonchev–Trinajstić information content (AvgIpc) is 3.05. The van der Waals surface area contributed by atoms with Gasteiger partial charge in [0.2, 0.25) is 11.8 Å². The Labute approximate surface area is 158 Å². The standard InChI is InChI=1S/C20H25FN2O4/c1-3-27-20(26)14-5-4-8-22(11-14)19(25)15-9-18(24)23(12-15)16-7-6-13(2)17(21)10-16/h6-7,10,14-15H,3-5,8-9,11-12H2,1-2H3/t14-,15+/m1/s1. The Morgan fingerprint density at radius 2 is 2.04 bits per heavy atom. The van der Waals surface area contributed by atoms with Gasteiger partial charge in [0.25, 0.3) is 0 Å². The molecule has 0 bridgehead atoms. The van der Waals surface area contributed by atoms with Gasteiger partial charge in [-0.2, -0.15) is 0 Å². The molecule has 2 saturated heterocycles. The molecule has 6 nitrogen and oxygen atoms in total. The monoisotopic (exact) mass is 376 g/mol. The van der Waals surface area contributed by atoms with Crippen LogP contribution >= 0.6 is 0 Å². The van der Waals surface area contributed by atoms with Crippen molar-refractivity contribution < 1.29 is 23.5 Å². The van der Waals surface area contributed by atoms with Crippen molar-refractivity contribution in [2.45, 2.75) is 33.1 Å². The van der Waals surface area contributed by atoms with Crippen molar-refractivity contribution in [2.75, 3.05) is 31.1 Å². The molecule has 1 aromatic carbocycles. The van der Waals surface area contributed by atoms with Gasteiger partial charge in [0.15, 0.2) is 0 Å². The van der Waals surface area contributed by atoms with Crippen molar-refractivity contribution in [1.82, 2.24) is 4.90 Å². The molecule has 2 amide bonds. The SMILES string of the molecule is CCOC(=O)[C@@H]1CCCN(C(=O)[C@H]2CC(=O)N(c3ccc(C)c(F)c3)C2)C1. The number of likely N-dealkylation sites (tertiary alicyclic amines) is 1. The number of nitrogens with zero attached hydrogens (tertiary/aromatic N) is 2. The van der Waals surface area contributed by atoms with Crippen LogP contribution < -0.4 is 4.90 Å². The number of esters is 1. The maximum absolute atomic E-state index is 13.8. The molecule has 3 rings (SSSR count). The summed E-state index contributed by atoms with van der Waals surface area (Å²) in [6.45, 7) is 4.90. The molecule has 0 aliphatic carbocycles. The number of anilines is 1. The quantitative estimate of drug-likeness (QED) is 0.757. The van der Waals surface area contributed by atoms with Crippen LogP contribution in [0.4, 0.5) is 10.1 Å². The molecule has 0 N–H and O–H groups in total. The molecule has 27 heavy (non-hydrogen) atoms. The van der Waals surface area contributed by atoms with Gasteiger partial charge in [-0.25, -0.2) is 4.39 Å². The first-order valence-electron chi connectivity index (χ1n) is 9.42. The molecule has 0 saturated carbocycles. The van der Waals surface area contributed by atoms with E-state index in [0.29, 0.717) is 37.4 Å². The highest BCUT2D eigenvalue weighted by Gasteiger charge is 2.39. The van der Waals surface area contributed by atoms with E-state index in [2.05, 4.69) is 0 Å². The van der Waals surface area contributed by atoms with Gasteiger partial charge in [0, 0.05) is 31.7 Å². The molecule has 0 unspecified atom stereocenters. The normalized spacial score (nSPS) is 22.9.